The zero-order valence-electron chi connectivity index (χ0n) is 18.8. The number of fused-ring (bicyclic) bond motifs is 1. The second kappa shape index (κ2) is 9.40. The fourth-order valence-electron chi connectivity index (χ4n) is 4.32. The van der Waals surface area contributed by atoms with Gasteiger partial charge in [-0.05, 0) is 49.2 Å². The van der Waals surface area contributed by atoms with E-state index in [4.69, 9.17) is 4.98 Å². The minimum absolute atomic E-state index is 0.0541. The average Bonchev–Trinajstić information content (AvgIpc) is 3.27. The van der Waals surface area contributed by atoms with Crippen molar-refractivity contribution < 1.29 is 18.0 Å². The first-order valence-corrected chi connectivity index (χ1v) is 11.4. The highest BCUT2D eigenvalue weighted by atomic mass is 19.4. The highest BCUT2D eigenvalue weighted by molar-refractivity contribution is 6.02. The number of nitrogens with one attached hydrogen (secondary N) is 2. The zero-order valence-corrected chi connectivity index (χ0v) is 18.8. The molecule has 182 valence electrons. The van der Waals surface area contributed by atoms with Crippen LogP contribution in [0.2, 0.25) is 0 Å². The molecule has 1 saturated heterocycles. The molecule has 35 heavy (non-hydrogen) atoms. The van der Waals surface area contributed by atoms with E-state index in [1.54, 1.807) is 52.5 Å². The molecule has 11 heteroatoms. The average molecular weight is 483 g/mol. The lowest BCUT2D eigenvalue weighted by atomic mass is 10.1. The fourth-order valence-corrected chi connectivity index (χ4v) is 4.32. The number of halogens is 3. The van der Waals surface area contributed by atoms with Crippen molar-refractivity contribution in [1.29, 1.82) is 0 Å². The van der Waals surface area contributed by atoms with Crippen molar-refractivity contribution in [3.05, 3.63) is 54.9 Å². The molecule has 1 atom stereocenters. The molecule has 0 saturated carbocycles. The fraction of sp³-hybridized carbons (Fsp3) is 0.333. The first-order chi connectivity index (χ1) is 16.9. The normalized spacial score (nSPS) is 18.0. The summed E-state index contributed by atoms with van der Waals surface area (Å²) in [7, 11) is 0. The summed E-state index contributed by atoms with van der Waals surface area (Å²) in [4.78, 5) is 29.5. The van der Waals surface area contributed by atoms with Crippen molar-refractivity contribution >= 4 is 29.2 Å². The summed E-state index contributed by atoms with van der Waals surface area (Å²) >= 11 is 0. The number of rotatable bonds is 3. The van der Waals surface area contributed by atoms with E-state index in [0.717, 1.165) is 12.1 Å². The van der Waals surface area contributed by atoms with Crippen LogP contribution in [-0.4, -0.2) is 53.3 Å². The van der Waals surface area contributed by atoms with Gasteiger partial charge >= 0.3 is 12.2 Å². The SMILES string of the molecule is O=C(Nc1ccccn1)N1CCCNc2ccc(-c3ccnc(N4CCC(C(F)(F)F)C4)c3)nc21. The Bertz CT molecular complexity index is 1210. The number of carbonyl (C=O) groups excluding carboxylic acids is 1. The molecule has 5 heterocycles. The summed E-state index contributed by atoms with van der Waals surface area (Å²) in [5.41, 5.74) is 2.03. The number of aromatic nitrogens is 3. The maximum absolute atomic E-state index is 13.1. The van der Waals surface area contributed by atoms with E-state index < -0.39 is 12.1 Å². The van der Waals surface area contributed by atoms with Crippen molar-refractivity contribution in [2.45, 2.75) is 19.0 Å². The number of hydrogen-bond donors (Lipinski definition) is 2. The molecular weight excluding hydrogens is 459 g/mol. The van der Waals surface area contributed by atoms with Crippen molar-refractivity contribution in [2.24, 2.45) is 5.92 Å². The number of urea groups is 1. The topological polar surface area (TPSA) is 86.3 Å². The maximum atomic E-state index is 13.1. The zero-order chi connectivity index (χ0) is 24.4. The molecule has 2 amide bonds. The molecule has 5 rings (SSSR count). The van der Waals surface area contributed by atoms with Gasteiger partial charge in [-0.2, -0.15) is 13.2 Å². The van der Waals surface area contributed by atoms with E-state index in [0.29, 0.717) is 48.3 Å². The number of carbonyl (C=O) groups is 1. The van der Waals surface area contributed by atoms with Gasteiger partial charge < -0.3 is 10.2 Å². The van der Waals surface area contributed by atoms with Crippen molar-refractivity contribution in [2.75, 3.05) is 46.6 Å². The van der Waals surface area contributed by atoms with Crippen molar-refractivity contribution in [3.8, 4) is 11.3 Å². The van der Waals surface area contributed by atoms with Gasteiger partial charge in [-0.1, -0.05) is 6.07 Å². The maximum Gasteiger partial charge on any atom is 0.393 e. The Morgan fingerprint density at radius 2 is 1.97 bits per heavy atom. The Hall–Kier alpha value is -3.89. The van der Waals surface area contributed by atoms with Crippen LogP contribution in [0, 0.1) is 5.92 Å². The number of alkyl halides is 3. The van der Waals surface area contributed by atoms with E-state index in [1.165, 1.54) is 0 Å². The first kappa shape index (κ1) is 22.9. The van der Waals surface area contributed by atoms with E-state index in [-0.39, 0.29) is 19.0 Å². The number of anilines is 4. The van der Waals surface area contributed by atoms with Gasteiger partial charge in [0.1, 0.15) is 11.6 Å². The van der Waals surface area contributed by atoms with Crippen LogP contribution in [0.5, 0.6) is 0 Å². The lowest BCUT2D eigenvalue weighted by Crippen LogP contribution is -2.36. The summed E-state index contributed by atoms with van der Waals surface area (Å²) in [6, 6.07) is 12.1. The molecule has 3 aromatic rings. The minimum Gasteiger partial charge on any atom is -0.382 e. The molecule has 0 radical (unpaired) electrons. The Morgan fingerprint density at radius 1 is 1.09 bits per heavy atom. The van der Waals surface area contributed by atoms with Crippen LogP contribution < -0.4 is 20.4 Å². The monoisotopic (exact) mass is 483 g/mol. The summed E-state index contributed by atoms with van der Waals surface area (Å²) in [5, 5.41) is 6.10. The number of pyridine rings is 3. The second-order valence-electron chi connectivity index (χ2n) is 8.52. The van der Waals surface area contributed by atoms with Crippen LogP contribution in [0.1, 0.15) is 12.8 Å². The predicted molar refractivity (Wildman–Crippen MR) is 128 cm³/mol. The molecule has 8 nitrogen and oxygen atoms in total. The molecule has 0 bridgehead atoms. The molecule has 2 aliphatic rings. The van der Waals surface area contributed by atoms with Crippen LogP contribution in [-0.2, 0) is 0 Å². The quantitative estimate of drug-likeness (QED) is 0.558. The van der Waals surface area contributed by atoms with Crippen molar-refractivity contribution in [3.63, 3.8) is 0 Å². The summed E-state index contributed by atoms with van der Waals surface area (Å²) in [6.07, 6.45) is -0.253. The predicted octanol–water partition coefficient (Wildman–Crippen LogP) is 4.78. The number of amides is 2. The highest BCUT2D eigenvalue weighted by Crippen LogP contribution is 2.36. The Kier molecular flexibility index (Phi) is 6.14. The van der Waals surface area contributed by atoms with Crippen LogP contribution in [0.3, 0.4) is 0 Å². The van der Waals surface area contributed by atoms with Crippen LogP contribution in [0.25, 0.3) is 11.3 Å². The third kappa shape index (κ3) is 4.98. The summed E-state index contributed by atoms with van der Waals surface area (Å²) < 4.78 is 39.4. The molecule has 2 aliphatic heterocycles. The van der Waals surface area contributed by atoms with Gasteiger partial charge in [0.05, 0.1) is 17.3 Å². The van der Waals surface area contributed by atoms with Gasteiger partial charge in [0.2, 0.25) is 0 Å². The van der Waals surface area contributed by atoms with Crippen LogP contribution in [0.4, 0.5) is 41.1 Å². The van der Waals surface area contributed by atoms with E-state index in [2.05, 4.69) is 20.6 Å². The smallest absolute Gasteiger partial charge is 0.382 e. The van der Waals surface area contributed by atoms with Crippen LogP contribution >= 0.6 is 0 Å². The Balaban J connectivity index is 1.41. The molecule has 0 aliphatic carbocycles. The molecule has 0 spiro atoms. The third-order valence-corrected chi connectivity index (χ3v) is 6.17. The first-order valence-electron chi connectivity index (χ1n) is 11.4. The van der Waals surface area contributed by atoms with Gasteiger partial charge in [-0.25, -0.2) is 19.7 Å². The molecule has 0 aromatic carbocycles. The number of hydrogen-bond acceptors (Lipinski definition) is 6. The number of nitrogens with zero attached hydrogens (tertiary/aromatic N) is 5. The van der Waals surface area contributed by atoms with Crippen molar-refractivity contribution in [1.82, 2.24) is 15.0 Å². The Morgan fingerprint density at radius 3 is 2.74 bits per heavy atom. The van der Waals surface area contributed by atoms with Gasteiger partial charge in [0.25, 0.3) is 0 Å². The molecule has 1 fully saturated rings. The van der Waals surface area contributed by atoms with Gasteiger partial charge in [0.15, 0.2) is 5.82 Å². The molecule has 2 N–H and O–H groups in total. The highest BCUT2D eigenvalue weighted by Gasteiger charge is 2.43. The summed E-state index contributed by atoms with van der Waals surface area (Å²) in [6.45, 7) is 1.34. The summed E-state index contributed by atoms with van der Waals surface area (Å²) in [5.74, 6) is 0.0451. The van der Waals surface area contributed by atoms with Gasteiger partial charge in [0, 0.05) is 44.1 Å². The second-order valence-corrected chi connectivity index (χ2v) is 8.52. The van der Waals surface area contributed by atoms with Gasteiger partial charge in [-0.3, -0.25) is 10.2 Å². The Labute approximate surface area is 200 Å². The molecule has 1 unspecified atom stereocenters. The largest absolute Gasteiger partial charge is 0.393 e. The lowest BCUT2D eigenvalue weighted by Gasteiger charge is -2.22. The van der Waals surface area contributed by atoms with E-state index in [1.807, 2.05) is 12.1 Å². The standard InChI is InChI=1S/C24H24F3N7O/c25-24(26,27)17-8-13-33(15-17)21-14-16(7-11-30-21)18-5-6-19-22(31-18)34(12-3-10-28-19)23(35)32-20-4-1-2-9-29-20/h1-2,4-7,9,11,14,17,28H,3,8,10,12-13,15H2,(H,29,32,35). The van der Waals surface area contributed by atoms with Gasteiger partial charge in [-0.15, -0.1) is 0 Å². The minimum atomic E-state index is -4.21. The van der Waals surface area contributed by atoms with E-state index in [9.17, 15) is 18.0 Å². The molecule has 3 aromatic heterocycles. The van der Waals surface area contributed by atoms with E-state index >= 15 is 0 Å². The molecular formula is C24H24F3N7O. The third-order valence-electron chi connectivity index (χ3n) is 6.17. The lowest BCUT2D eigenvalue weighted by molar-refractivity contribution is -0.168. The van der Waals surface area contributed by atoms with Crippen LogP contribution in [0.15, 0.2) is 54.9 Å².